The lowest BCUT2D eigenvalue weighted by Gasteiger charge is -2.72. The van der Waals surface area contributed by atoms with E-state index in [9.17, 15) is 24.3 Å². The smallest absolute Gasteiger partial charge is 0.309 e. The van der Waals surface area contributed by atoms with Gasteiger partial charge >= 0.3 is 11.9 Å². The highest BCUT2D eigenvalue weighted by atomic mass is 16.5. The van der Waals surface area contributed by atoms with E-state index >= 15 is 0 Å². The molecular weight excluding hydrogens is 616 g/mol. The number of esters is 1. The topological polar surface area (TPSA) is 116 Å². The first kappa shape index (κ1) is 36.0. The molecule has 0 unspecified atom stereocenters. The average Bonchev–Trinajstić information content (AvgIpc) is 3.54. The molecule has 1 aromatic heterocycles. The zero-order valence-electron chi connectivity index (χ0n) is 31.7. The van der Waals surface area contributed by atoms with Crippen LogP contribution in [-0.2, 0) is 37.4 Å². The molecule has 6 rings (SSSR count). The number of hydrogen-bond donors (Lipinski definition) is 1. The minimum absolute atomic E-state index is 0.0320. The molecule has 0 aromatic carbocycles. The SMILES string of the molecule is CC(C)C1=C2[C@H]3CC[C@@H]4[C@@]5(C)CC[C@H](OC(=O)CC(C)(C)C(=O)O)C(C)(C)[C@@H]5CC[C@@]4(C)[C@]3(C)CC[C@@]2(C(=O)Cc2ccnn2C)CC1=O. The van der Waals surface area contributed by atoms with Gasteiger partial charge in [0.05, 0.1) is 17.3 Å². The van der Waals surface area contributed by atoms with Gasteiger partial charge in [-0.3, -0.25) is 23.9 Å². The second kappa shape index (κ2) is 11.6. The molecule has 1 aromatic rings. The molecule has 8 heteroatoms. The lowest BCUT2D eigenvalue weighted by molar-refractivity contribution is -0.233. The Balaban J connectivity index is 1.31. The van der Waals surface area contributed by atoms with E-state index in [2.05, 4.69) is 53.6 Å². The number of carbonyl (C=O) groups excluding carboxylic acids is 3. The number of aromatic nitrogens is 2. The van der Waals surface area contributed by atoms with E-state index in [0.717, 1.165) is 62.6 Å². The van der Waals surface area contributed by atoms with Gasteiger partial charge in [-0.1, -0.05) is 48.5 Å². The Morgan fingerprint density at radius 2 is 1.67 bits per heavy atom. The number of Topliss-reactive ketones (excluding diaryl/α,β-unsaturated/α-hetero) is 2. The van der Waals surface area contributed by atoms with Crippen LogP contribution in [0.5, 0.6) is 0 Å². The molecule has 5 aliphatic carbocycles. The summed E-state index contributed by atoms with van der Waals surface area (Å²) in [5, 5.41) is 13.9. The second-order valence-corrected chi connectivity index (χ2v) is 19.0. The number of carbonyl (C=O) groups is 4. The monoisotopic (exact) mass is 676 g/mol. The summed E-state index contributed by atoms with van der Waals surface area (Å²) in [5.41, 5.74) is 0.939. The molecule has 270 valence electrons. The Hall–Kier alpha value is -2.77. The zero-order chi connectivity index (χ0) is 36.1. The lowest BCUT2D eigenvalue weighted by Crippen LogP contribution is -2.66. The van der Waals surface area contributed by atoms with Crippen molar-refractivity contribution in [3.63, 3.8) is 0 Å². The Morgan fingerprint density at radius 3 is 2.29 bits per heavy atom. The van der Waals surface area contributed by atoms with Crippen LogP contribution in [0.1, 0.15) is 132 Å². The number of fused-ring (bicyclic) bond motifs is 7. The quantitative estimate of drug-likeness (QED) is 0.278. The molecular formula is C41H60N2O6. The molecule has 0 saturated heterocycles. The van der Waals surface area contributed by atoms with Gasteiger partial charge in [-0.25, -0.2) is 0 Å². The van der Waals surface area contributed by atoms with Gasteiger partial charge in [0.1, 0.15) is 11.9 Å². The van der Waals surface area contributed by atoms with E-state index in [1.807, 2.05) is 13.1 Å². The predicted octanol–water partition coefficient (Wildman–Crippen LogP) is 7.93. The van der Waals surface area contributed by atoms with Crippen molar-refractivity contribution in [1.82, 2.24) is 9.78 Å². The van der Waals surface area contributed by atoms with Crippen LogP contribution in [-0.4, -0.2) is 44.5 Å². The summed E-state index contributed by atoms with van der Waals surface area (Å²) >= 11 is 0. The number of rotatable bonds is 8. The van der Waals surface area contributed by atoms with E-state index < -0.39 is 22.8 Å². The Bertz CT molecular complexity index is 1600. The van der Waals surface area contributed by atoms with E-state index in [0.29, 0.717) is 24.7 Å². The van der Waals surface area contributed by atoms with Crippen molar-refractivity contribution >= 4 is 23.5 Å². The van der Waals surface area contributed by atoms with Crippen molar-refractivity contribution in [2.24, 2.45) is 63.2 Å². The van der Waals surface area contributed by atoms with Crippen molar-refractivity contribution in [1.29, 1.82) is 0 Å². The van der Waals surface area contributed by atoms with Crippen LogP contribution in [0.3, 0.4) is 0 Å². The van der Waals surface area contributed by atoms with Crippen LogP contribution in [0, 0.1) is 56.2 Å². The third kappa shape index (κ3) is 5.14. The van der Waals surface area contributed by atoms with Crippen LogP contribution < -0.4 is 0 Å². The summed E-state index contributed by atoms with van der Waals surface area (Å²) in [5.74, 6) is 0.0510. The van der Waals surface area contributed by atoms with Gasteiger partial charge in [0, 0.05) is 37.2 Å². The fourth-order valence-electron chi connectivity index (χ4n) is 12.7. The van der Waals surface area contributed by atoms with E-state index in [1.165, 1.54) is 5.57 Å². The molecule has 0 bridgehead atoms. The number of aryl methyl sites for hydroxylation is 1. The Labute approximate surface area is 293 Å². The number of hydrogen-bond acceptors (Lipinski definition) is 6. The average molecular weight is 677 g/mol. The number of aliphatic carboxylic acids is 1. The summed E-state index contributed by atoms with van der Waals surface area (Å²) in [6.45, 7) is 19.5. The van der Waals surface area contributed by atoms with Crippen LogP contribution in [0.15, 0.2) is 23.4 Å². The maximum atomic E-state index is 14.5. The highest BCUT2D eigenvalue weighted by Gasteiger charge is 2.71. The maximum absolute atomic E-state index is 14.5. The van der Waals surface area contributed by atoms with Gasteiger partial charge in [0.25, 0.3) is 0 Å². The molecule has 1 N–H and O–H groups in total. The van der Waals surface area contributed by atoms with Crippen LogP contribution in [0.4, 0.5) is 0 Å². The number of ether oxygens (including phenoxy) is 1. The first-order valence-corrected chi connectivity index (χ1v) is 18.9. The molecule has 0 radical (unpaired) electrons. The summed E-state index contributed by atoms with van der Waals surface area (Å²) in [4.78, 5) is 53.2. The summed E-state index contributed by atoms with van der Waals surface area (Å²) in [6, 6.07) is 1.92. The molecule has 8 atom stereocenters. The number of allylic oxidation sites excluding steroid dienone is 2. The molecule has 0 amide bonds. The minimum atomic E-state index is -1.17. The van der Waals surface area contributed by atoms with Gasteiger partial charge in [-0.2, -0.15) is 5.10 Å². The third-order valence-corrected chi connectivity index (χ3v) is 15.6. The molecule has 1 heterocycles. The Morgan fingerprint density at radius 1 is 0.980 bits per heavy atom. The summed E-state index contributed by atoms with van der Waals surface area (Å²) < 4.78 is 7.93. The largest absolute Gasteiger partial charge is 0.481 e. The fraction of sp³-hybridized carbons (Fsp3) is 0.780. The van der Waals surface area contributed by atoms with Crippen LogP contribution in [0.25, 0.3) is 0 Å². The lowest BCUT2D eigenvalue weighted by atomic mass is 9.33. The summed E-state index contributed by atoms with van der Waals surface area (Å²) in [7, 11) is 1.88. The number of carboxylic acids is 1. The van der Waals surface area contributed by atoms with Crippen molar-refractivity contribution in [3.05, 3.63) is 29.1 Å². The molecule has 4 fully saturated rings. The maximum Gasteiger partial charge on any atom is 0.309 e. The summed E-state index contributed by atoms with van der Waals surface area (Å²) in [6.07, 6.45) is 9.53. The van der Waals surface area contributed by atoms with Gasteiger partial charge in [-0.05, 0) is 122 Å². The van der Waals surface area contributed by atoms with Crippen LogP contribution in [0.2, 0.25) is 0 Å². The van der Waals surface area contributed by atoms with Gasteiger partial charge < -0.3 is 9.84 Å². The van der Waals surface area contributed by atoms with Gasteiger partial charge in [0.15, 0.2) is 5.78 Å². The molecule has 5 aliphatic rings. The molecule has 0 spiro atoms. The minimum Gasteiger partial charge on any atom is -0.481 e. The highest BCUT2D eigenvalue weighted by Crippen LogP contribution is 2.76. The predicted molar refractivity (Wildman–Crippen MR) is 187 cm³/mol. The van der Waals surface area contributed by atoms with E-state index in [4.69, 9.17) is 4.74 Å². The first-order valence-electron chi connectivity index (χ1n) is 18.9. The van der Waals surface area contributed by atoms with Crippen molar-refractivity contribution in [2.75, 3.05) is 0 Å². The normalized spacial score (nSPS) is 38.4. The van der Waals surface area contributed by atoms with Gasteiger partial charge in [0.2, 0.25) is 0 Å². The fourth-order valence-corrected chi connectivity index (χ4v) is 12.7. The Kier molecular flexibility index (Phi) is 8.55. The van der Waals surface area contributed by atoms with Crippen LogP contribution >= 0.6 is 0 Å². The highest BCUT2D eigenvalue weighted by molar-refractivity contribution is 6.07. The van der Waals surface area contributed by atoms with Crippen molar-refractivity contribution < 1.29 is 29.0 Å². The zero-order valence-corrected chi connectivity index (χ0v) is 31.7. The molecule has 0 aliphatic heterocycles. The van der Waals surface area contributed by atoms with E-state index in [1.54, 1.807) is 24.7 Å². The van der Waals surface area contributed by atoms with E-state index in [-0.39, 0.29) is 57.6 Å². The standard InChI is InChI=1S/C41H60N2O6/c1-24(2)33-27(44)22-41(30(45)21-25-15-20-42-43(25)10)19-18-39(8)26(34(33)41)11-12-29-38(7)16-14-31(49-32(46)23-36(3,4)35(47)48)37(5,6)28(38)13-17-40(29,39)9/h15,20,24,26,28-29,31H,11-14,16-19,21-23H2,1-10H3,(H,47,48)/t26-,28+,29-,31+,38+,39-,40-,41+/m1/s1. The first-order chi connectivity index (χ1) is 22.7. The third-order valence-electron chi connectivity index (χ3n) is 15.6. The molecule has 8 nitrogen and oxygen atoms in total. The van der Waals surface area contributed by atoms with Crippen molar-refractivity contribution in [3.8, 4) is 0 Å². The number of carboxylic acid groups (broad SMARTS) is 1. The second-order valence-electron chi connectivity index (χ2n) is 19.0. The molecule has 4 saturated carbocycles. The molecule has 49 heavy (non-hydrogen) atoms. The number of ketones is 2. The number of nitrogens with zero attached hydrogens (tertiary/aromatic N) is 2. The van der Waals surface area contributed by atoms with Gasteiger partial charge in [-0.15, -0.1) is 0 Å². The van der Waals surface area contributed by atoms with Crippen molar-refractivity contribution in [2.45, 2.75) is 139 Å².